The van der Waals surface area contributed by atoms with E-state index in [1.807, 2.05) is 0 Å². The largest absolute Gasteiger partial charge is 0.393 e. The van der Waals surface area contributed by atoms with Gasteiger partial charge in [-0.3, -0.25) is 14.9 Å². The van der Waals surface area contributed by atoms with E-state index in [0.29, 0.717) is 12.1 Å². The number of anilines is 1. The number of nitrogens with one attached hydrogen (secondary N) is 1. The summed E-state index contributed by atoms with van der Waals surface area (Å²) in [6.45, 7) is 0.639. The van der Waals surface area contributed by atoms with Crippen molar-refractivity contribution < 1.29 is 9.72 Å². The molecule has 2 rings (SSSR count). The Morgan fingerprint density at radius 1 is 1.40 bits per heavy atom. The molecule has 1 saturated carbocycles. The summed E-state index contributed by atoms with van der Waals surface area (Å²) < 4.78 is 0. The molecular formula is C14H19N3O3. The average Bonchev–Trinajstić information content (AvgIpc) is 2.91. The molecule has 0 heterocycles. The highest BCUT2D eigenvalue weighted by atomic mass is 16.6. The van der Waals surface area contributed by atoms with E-state index in [1.165, 1.54) is 43.9 Å². The minimum atomic E-state index is -0.558. The van der Waals surface area contributed by atoms with Crippen molar-refractivity contribution in [2.45, 2.75) is 32.1 Å². The van der Waals surface area contributed by atoms with Crippen molar-refractivity contribution in [3.63, 3.8) is 0 Å². The van der Waals surface area contributed by atoms with E-state index in [9.17, 15) is 14.9 Å². The molecule has 1 fully saturated rings. The smallest absolute Gasteiger partial charge is 0.292 e. The predicted molar refractivity (Wildman–Crippen MR) is 76.4 cm³/mol. The quantitative estimate of drug-likeness (QED) is 0.490. The zero-order valence-electron chi connectivity index (χ0n) is 11.3. The molecule has 1 aliphatic rings. The van der Waals surface area contributed by atoms with Gasteiger partial charge in [0.2, 0.25) is 0 Å². The number of nitro groups is 1. The molecule has 6 heteroatoms. The number of benzene rings is 1. The summed E-state index contributed by atoms with van der Waals surface area (Å²) in [6.07, 6.45) is 6.07. The highest BCUT2D eigenvalue weighted by Gasteiger charge is 2.16. The SMILES string of the molecule is Nc1cc(C(=O)NCCC2CCCC2)ccc1[N+](=O)[O-]. The molecule has 1 aromatic rings. The first-order valence-corrected chi connectivity index (χ1v) is 6.90. The zero-order chi connectivity index (χ0) is 14.5. The number of nitro benzene ring substituents is 1. The van der Waals surface area contributed by atoms with Gasteiger partial charge >= 0.3 is 0 Å². The van der Waals surface area contributed by atoms with Gasteiger partial charge in [-0.2, -0.15) is 0 Å². The highest BCUT2D eigenvalue weighted by Crippen LogP contribution is 2.27. The molecule has 0 saturated heterocycles. The van der Waals surface area contributed by atoms with E-state index in [0.717, 1.165) is 12.3 Å². The fourth-order valence-electron chi connectivity index (χ4n) is 2.65. The number of nitrogens with zero attached hydrogens (tertiary/aromatic N) is 1. The Morgan fingerprint density at radius 3 is 2.70 bits per heavy atom. The average molecular weight is 277 g/mol. The second kappa shape index (κ2) is 6.36. The normalized spacial score (nSPS) is 15.2. The van der Waals surface area contributed by atoms with Gasteiger partial charge in [-0.25, -0.2) is 0 Å². The van der Waals surface area contributed by atoms with Crippen molar-refractivity contribution in [1.29, 1.82) is 0 Å². The van der Waals surface area contributed by atoms with E-state index in [-0.39, 0.29) is 17.3 Å². The Kier molecular flexibility index (Phi) is 4.55. The van der Waals surface area contributed by atoms with Crippen LogP contribution in [0.1, 0.15) is 42.5 Å². The molecule has 0 spiro atoms. The maximum absolute atomic E-state index is 11.9. The Balaban J connectivity index is 1.88. The van der Waals surface area contributed by atoms with E-state index < -0.39 is 4.92 Å². The molecular weight excluding hydrogens is 258 g/mol. The molecule has 0 unspecified atom stereocenters. The zero-order valence-corrected chi connectivity index (χ0v) is 11.3. The molecule has 20 heavy (non-hydrogen) atoms. The van der Waals surface area contributed by atoms with E-state index in [1.54, 1.807) is 0 Å². The first-order chi connectivity index (χ1) is 9.58. The van der Waals surface area contributed by atoms with E-state index in [4.69, 9.17) is 5.73 Å². The van der Waals surface area contributed by atoms with Crippen LogP contribution < -0.4 is 11.1 Å². The van der Waals surface area contributed by atoms with Crippen LogP contribution in [0.15, 0.2) is 18.2 Å². The molecule has 0 radical (unpaired) electrons. The van der Waals surface area contributed by atoms with Crippen LogP contribution in [-0.2, 0) is 0 Å². The van der Waals surface area contributed by atoms with Crippen LogP contribution in [0.5, 0.6) is 0 Å². The maximum atomic E-state index is 11.9. The Bertz CT molecular complexity index is 510. The third kappa shape index (κ3) is 3.46. The lowest BCUT2D eigenvalue weighted by molar-refractivity contribution is -0.383. The summed E-state index contributed by atoms with van der Waals surface area (Å²) in [4.78, 5) is 22.0. The first kappa shape index (κ1) is 14.3. The number of nitrogen functional groups attached to an aromatic ring is 1. The van der Waals surface area contributed by atoms with Gasteiger partial charge in [0, 0.05) is 18.2 Å². The van der Waals surface area contributed by atoms with Crippen LogP contribution in [0.4, 0.5) is 11.4 Å². The lowest BCUT2D eigenvalue weighted by atomic mass is 10.0. The number of nitrogens with two attached hydrogens (primary N) is 1. The standard InChI is InChI=1S/C14H19N3O3/c15-12-9-11(5-6-13(12)17(19)20)14(18)16-8-7-10-3-1-2-4-10/h5-6,9-10H,1-4,7-8,15H2,(H,16,18). The van der Waals surface area contributed by atoms with Gasteiger partial charge in [0.25, 0.3) is 11.6 Å². The molecule has 0 bridgehead atoms. The molecule has 3 N–H and O–H groups in total. The molecule has 0 aliphatic heterocycles. The van der Waals surface area contributed by atoms with Gasteiger partial charge < -0.3 is 11.1 Å². The minimum absolute atomic E-state index is 0.0124. The summed E-state index contributed by atoms with van der Waals surface area (Å²) in [5.74, 6) is 0.488. The summed E-state index contributed by atoms with van der Waals surface area (Å²) in [6, 6.07) is 4.05. The Hall–Kier alpha value is -2.11. The summed E-state index contributed by atoms with van der Waals surface area (Å²) >= 11 is 0. The lowest BCUT2D eigenvalue weighted by Gasteiger charge is -2.10. The van der Waals surface area contributed by atoms with Gasteiger partial charge in [0.05, 0.1) is 4.92 Å². The summed E-state index contributed by atoms with van der Waals surface area (Å²) in [5, 5.41) is 13.5. The van der Waals surface area contributed by atoms with Gasteiger partial charge in [0.15, 0.2) is 0 Å². The predicted octanol–water partition coefficient (Wildman–Crippen LogP) is 2.49. The highest BCUT2D eigenvalue weighted by molar-refractivity contribution is 5.95. The van der Waals surface area contributed by atoms with E-state index in [2.05, 4.69) is 5.32 Å². The Labute approximate surface area is 117 Å². The molecule has 6 nitrogen and oxygen atoms in total. The van der Waals surface area contributed by atoms with Crippen molar-refractivity contribution in [2.75, 3.05) is 12.3 Å². The Morgan fingerprint density at radius 2 is 2.10 bits per heavy atom. The second-order valence-corrected chi connectivity index (χ2v) is 5.23. The van der Waals surface area contributed by atoms with Crippen LogP contribution in [0, 0.1) is 16.0 Å². The van der Waals surface area contributed by atoms with Crippen LogP contribution in [-0.4, -0.2) is 17.4 Å². The number of hydrogen-bond donors (Lipinski definition) is 2. The molecule has 0 atom stereocenters. The number of amides is 1. The number of carbonyl (C=O) groups excluding carboxylic acids is 1. The fourth-order valence-corrected chi connectivity index (χ4v) is 2.65. The fraction of sp³-hybridized carbons (Fsp3) is 0.500. The first-order valence-electron chi connectivity index (χ1n) is 6.90. The van der Waals surface area contributed by atoms with Gasteiger partial charge in [-0.05, 0) is 24.5 Å². The van der Waals surface area contributed by atoms with Gasteiger partial charge in [-0.1, -0.05) is 25.7 Å². The molecule has 1 amide bonds. The van der Waals surface area contributed by atoms with Crippen LogP contribution in [0.25, 0.3) is 0 Å². The number of carbonyl (C=O) groups is 1. The van der Waals surface area contributed by atoms with E-state index >= 15 is 0 Å². The van der Waals surface area contributed by atoms with Crippen molar-refractivity contribution in [2.24, 2.45) is 5.92 Å². The molecule has 108 valence electrons. The van der Waals surface area contributed by atoms with Crippen molar-refractivity contribution in [3.8, 4) is 0 Å². The third-order valence-electron chi connectivity index (χ3n) is 3.80. The van der Waals surface area contributed by atoms with Crippen LogP contribution in [0.3, 0.4) is 0 Å². The molecule has 1 aromatic carbocycles. The van der Waals surface area contributed by atoms with Crippen molar-refractivity contribution >= 4 is 17.3 Å². The molecule has 1 aliphatic carbocycles. The topological polar surface area (TPSA) is 98.3 Å². The van der Waals surface area contributed by atoms with Crippen LogP contribution >= 0.6 is 0 Å². The minimum Gasteiger partial charge on any atom is -0.393 e. The lowest BCUT2D eigenvalue weighted by Crippen LogP contribution is -2.25. The van der Waals surface area contributed by atoms with Gasteiger partial charge in [-0.15, -0.1) is 0 Å². The number of hydrogen-bond acceptors (Lipinski definition) is 4. The van der Waals surface area contributed by atoms with Crippen LogP contribution in [0.2, 0.25) is 0 Å². The molecule has 0 aromatic heterocycles. The summed E-state index contributed by atoms with van der Waals surface area (Å²) in [7, 11) is 0. The van der Waals surface area contributed by atoms with Crippen molar-refractivity contribution in [1.82, 2.24) is 5.32 Å². The van der Waals surface area contributed by atoms with Gasteiger partial charge in [0.1, 0.15) is 5.69 Å². The maximum Gasteiger partial charge on any atom is 0.292 e. The summed E-state index contributed by atoms with van der Waals surface area (Å²) in [5.41, 5.74) is 5.77. The number of rotatable bonds is 5. The monoisotopic (exact) mass is 277 g/mol. The third-order valence-corrected chi connectivity index (χ3v) is 3.80. The second-order valence-electron chi connectivity index (χ2n) is 5.23. The van der Waals surface area contributed by atoms with Crippen molar-refractivity contribution in [3.05, 3.63) is 33.9 Å².